The van der Waals surface area contributed by atoms with Crippen LogP contribution in [0.25, 0.3) is 0 Å². The molecule has 43 heteroatoms. The third kappa shape index (κ3) is 28.8. The molecule has 0 aromatic heterocycles. The first-order chi connectivity index (χ1) is 61.7. The van der Waals surface area contributed by atoms with E-state index in [1.165, 1.54) is 99.5 Å². The smallest absolute Gasteiger partial charge is 0.444 e. The molecule has 0 aliphatic carbocycles. The second-order valence-corrected chi connectivity index (χ2v) is 46.2. The maximum absolute atomic E-state index is 12.1. The molecule has 131 heavy (non-hydrogen) atoms. The topological polar surface area (TPSA) is 368 Å². The molecule has 0 bridgehead atoms. The highest BCUT2D eigenvalue weighted by Crippen LogP contribution is 2.56. The quantitative estimate of drug-likeness (QED) is 0.0264. The number of halogens is 6. The molecule has 2 unspecified atom stereocenters. The molecule has 0 radical (unpaired) electrons. The number of nitrogens with two attached hydrogens (primary N) is 1. The number of ether oxygens (including phenoxy) is 2. The van der Waals surface area contributed by atoms with E-state index in [1.807, 2.05) is 151 Å². The maximum atomic E-state index is 12.1. The van der Waals surface area contributed by atoms with Crippen molar-refractivity contribution in [3.8, 4) is 0 Å². The van der Waals surface area contributed by atoms with Crippen LogP contribution in [0.15, 0.2) is 346 Å². The van der Waals surface area contributed by atoms with E-state index < -0.39 is 67.4 Å². The molecule has 12 aromatic rings. The number of nitrogens with one attached hydrogen (secondary N) is 2. The summed E-state index contributed by atoms with van der Waals surface area (Å²) < 4.78 is 67.3. The van der Waals surface area contributed by atoms with E-state index in [0.29, 0.717) is 15.6 Å². The molecule has 2 amide bonds. The number of carbonyl (C=O) groups excluding carboxylic acids is 2. The number of nitro groups is 4. The second-order valence-electron chi connectivity index (χ2n) is 30.5. The Morgan fingerprint density at radius 3 is 1.21 bits per heavy atom. The normalized spacial score (nSPS) is 13.9. The fourth-order valence-electron chi connectivity index (χ4n) is 11.4. The van der Waals surface area contributed by atoms with Crippen LogP contribution in [0.4, 0.5) is 49.4 Å². The first-order valence-corrected chi connectivity index (χ1v) is 51.7. The van der Waals surface area contributed by atoms with Gasteiger partial charge in [0.1, 0.15) is 11.2 Å². The van der Waals surface area contributed by atoms with Crippen LogP contribution >= 0.6 is 193 Å². The van der Waals surface area contributed by atoms with Crippen molar-refractivity contribution in [2.24, 2.45) is 0 Å². The molecule has 0 spiro atoms. The molecule has 1 fully saturated rings. The van der Waals surface area contributed by atoms with E-state index in [1.54, 1.807) is 106 Å². The molecule has 5 aliphatic heterocycles. The largest absolute Gasteiger partial charge is 0.496 e. The summed E-state index contributed by atoms with van der Waals surface area (Å²) in [4.78, 5) is 83.7. The van der Waals surface area contributed by atoms with E-state index in [2.05, 4.69) is 151 Å². The number of non-ortho nitro benzene ring substituents is 4. The summed E-state index contributed by atoms with van der Waals surface area (Å²) in [5, 5.41) is 48.0. The number of benzene rings is 12. The third-order valence-corrected chi connectivity index (χ3v) is 35.6. The van der Waals surface area contributed by atoms with Gasteiger partial charge in [-0.25, -0.2) is 18.0 Å². The molecular formula is C88H74BBr4Cl2N7O18S11. The van der Waals surface area contributed by atoms with E-state index in [0.717, 1.165) is 90.9 Å². The standard InChI is InChI=1S/C23H28BNO4S2.C17H16BrNO2S2.C12H8BrNO4S2.C12H6BrNO2S2.C12H8BrNS2.C6H4ClNO4S.C6H4ClNO2/c1-21(2,3)27-20(26)25-14-11-12-16-18(13-14)30-17-10-8-9-15(19(17)31-16)24-28-22(4,5)23(6,7)29-24;1-17(2,3)21-16(20)19-10-7-8-12-14(9-10)22-13-6-4-5-11(18)15(13)23-12;13-9-3-1-2-4-10(9)19-11-6-5-8(14(15)16)7-12(11)20(17)18;13-8-2-1-3-10-12(8)18-9-5-4-7(14(15)16)6-11(9)17-10;13-8-2-1-3-10-12(8)16-9-5-4-7(14)6-11(9)15-10;7-5-2-1-4(8(9)10)3-6(5)13(11)12;7-5-1-3-6(4-2-5)8(9)10/h8-13H,1-7H3,(H,25,26);4-9H,1-3H3,(H,19,20);1-7H,(H,17,18);1-6H;1-6H,14H2;1-3H,(H,11,12);1-4H. The number of nitrogens with zero attached hydrogens (tertiary/aromatic N) is 4. The van der Waals surface area contributed by atoms with Crippen molar-refractivity contribution in [1.82, 2.24) is 0 Å². The first kappa shape index (κ1) is 104. The summed E-state index contributed by atoms with van der Waals surface area (Å²) >= 11 is 35.4. The minimum atomic E-state index is -2.30. The maximum Gasteiger partial charge on any atom is 0.496 e. The molecule has 0 saturated carbocycles. The van der Waals surface area contributed by atoms with Gasteiger partial charge in [0.2, 0.25) is 0 Å². The Bertz CT molecular complexity index is 6440. The fourth-order valence-corrected chi connectivity index (χ4v) is 26.0. The predicted octanol–water partition coefficient (Wildman–Crippen LogP) is 30.1. The summed E-state index contributed by atoms with van der Waals surface area (Å²) in [7, 11) is -0.400. The Morgan fingerprint density at radius 2 is 0.779 bits per heavy atom. The van der Waals surface area contributed by atoms with Gasteiger partial charge in [0.05, 0.1) is 45.7 Å². The zero-order valence-electron chi connectivity index (χ0n) is 70.1. The monoisotopic (exact) mass is 2260 g/mol. The van der Waals surface area contributed by atoms with Gasteiger partial charge in [0, 0.05) is 177 Å². The Kier molecular flexibility index (Phi) is 36.4. The van der Waals surface area contributed by atoms with Crippen molar-refractivity contribution in [2.45, 2.75) is 190 Å². The van der Waals surface area contributed by atoms with Crippen molar-refractivity contribution >= 4 is 280 Å². The lowest BCUT2D eigenvalue weighted by atomic mass is 9.79. The van der Waals surface area contributed by atoms with Crippen LogP contribution in [0, 0.1) is 40.5 Å². The van der Waals surface area contributed by atoms with Gasteiger partial charge in [-0.3, -0.25) is 51.1 Å². The molecule has 5 heterocycles. The number of amides is 2. The van der Waals surface area contributed by atoms with E-state index in [-0.39, 0.29) is 53.7 Å². The summed E-state index contributed by atoms with van der Waals surface area (Å²) in [5.74, 6) is 0. The summed E-state index contributed by atoms with van der Waals surface area (Å²) in [6.07, 6.45) is -0.890. The van der Waals surface area contributed by atoms with Gasteiger partial charge >= 0.3 is 19.3 Å². The van der Waals surface area contributed by atoms with E-state index in [4.69, 9.17) is 52.3 Å². The average molecular weight is 2270 g/mol. The summed E-state index contributed by atoms with van der Waals surface area (Å²) in [6.45, 7) is 19.4. The molecular weight excluding hydrogens is 2200 g/mol. The minimum Gasteiger partial charge on any atom is -0.444 e. The highest BCUT2D eigenvalue weighted by Gasteiger charge is 2.53. The number of fused-ring (bicyclic) bond motifs is 8. The van der Waals surface area contributed by atoms with Crippen molar-refractivity contribution in [1.29, 1.82) is 0 Å². The zero-order valence-corrected chi connectivity index (χ0v) is 86.9. The molecule has 680 valence electrons. The van der Waals surface area contributed by atoms with Crippen LogP contribution in [0.5, 0.6) is 0 Å². The van der Waals surface area contributed by atoms with Crippen molar-refractivity contribution in [3.63, 3.8) is 0 Å². The van der Waals surface area contributed by atoms with Gasteiger partial charge in [-0.2, -0.15) is 0 Å². The molecule has 12 aromatic carbocycles. The molecule has 17 rings (SSSR count). The zero-order chi connectivity index (χ0) is 95.3. The Morgan fingerprint density at radius 1 is 0.420 bits per heavy atom. The van der Waals surface area contributed by atoms with Crippen LogP contribution in [-0.4, -0.2) is 78.9 Å². The predicted molar refractivity (Wildman–Crippen MR) is 540 cm³/mol. The van der Waals surface area contributed by atoms with Crippen LogP contribution in [0.2, 0.25) is 10.0 Å². The Labute approximate surface area is 841 Å². The van der Waals surface area contributed by atoms with Gasteiger partial charge in [-0.05, 0) is 278 Å². The van der Waals surface area contributed by atoms with E-state index in [9.17, 15) is 63.0 Å². The number of nitro benzene ring substituents is 4. The average Bonchev–Trinajstić information content (AvgIpc) is 1.61. The van der Waals surface area contributed by atoms with Crippen molar-refractivity contribution in [2.75, 3.05) is 16.4 Å². The number of hydrogen-bond acceptors (Lipinski definition) is 26. The molecule has 6 N–H and O–H groups in total. The van der Waals surface area contributed by atoms with Crippen molar-refractivity contribution in [3.05, 3.63) is 299 Å². The summed E-state index contributed by atoms with van der Waals surface area (Å²) in [5.41, 5.74) is 7.05. The number of anilines is 3. The number of carbonyl (C=O) groups is 2. The highest BCUT2D eigenvalue weighted by atomic mass is 79.9. The fraction of sp³-hybridized carbons (Fsp3) is 0.159. The number of rotatable bonds is 11. The van der Waals surface area contributed by atoms with Crippen LogP contribution in [-0.2, 0) is 40.9 Å². The van der Waals surface area contributed by atoms with Crippen LogP contribution < -0.4 is 21.8 Å². The van der Waals surface area contributed by atoms with Gasteiger partial charge in [0.25, 0.3) is 22.7 Å². The Balaban J connectivity index is 0.000000151. The number of hydrogen-bond donors (Lipinski definition) is 5. The van der Waals surface area contributed by atoms with E-state index >= 15 is 0 Å². The second kappa shape index (κ2) is 45.9. The minimum absolute atomic E-state index is 0.0277. The van der Waals surface area contributed by atoms with Gasteiger partial charge in [0.15, 0.2) is 22.2 Å². The molecule has 5 aliphatic rings. The molecule has 1 saturated heterocycles. The molecule has 2 atom stereocenters. The molecule has 25 nitrogen and oxygen atoms in total. The van der Waals surface area contributed by atoms with Gasteiger partial charge in [-0.15, -0.1) is 0 Å². The SMILES string of the molecule is CC(C)(C)OC(=O)Nc1ccc2c(c1)Sc1cccc(B3OC(C)(C)C(C)(C)O3)c1S2.CC(C)(C)OC(=O)Nc1ccc2c(c1)Sc1cccc(Br)c1S2.Nc1ccc2c(c1)Sc1cccc(Br)c1S2.O=[N+]([O-])c1ccc(Cl)c(S(=O)O)c1.O=[N+]([O-])c1ccc(Cl)cc1.O=[N+]([O-])c1ccc(Sc2ccccc2Br)c(S(=O)O)c1.O=[N+]([O-])c1ccc2c(c1)Sc1cccc(Br)c1S2. The van der Waals surface area contributed by atoms with Crippen molar-refractivity contribution < 1.29 is 65.6 Å². The highest BCUT2D eigenvalue weighted by molar-refractivity contribution is 9.11. The summed E-state index contributed by atoms with van der Waals surface area (Å²) in [6, 6.07) is 68.0. The lowest BCUT2D eigenvalue weighted by Gasteiger charge is -2.32. The lowest BCUT2D eigenvalue weighted by molar-refractivity contribution is -0.385. The van der Waals surface area contributed by atoms with Gasteiger partial charge < -0.3 is 33.6 Å². The number of nitrogen functional groups attached to an aromatic ring is 1. The first-order valence-electron chi connectivity index (χ1n) is 38.3. The van der Waals surface area contributed by atoms with Gasteiger partial charge in [-0.1, -0.05) is 172 Å². The lowest BCUT2D eigenvalue weighted by Crippen LogP contribution is -2.41. The van der Waals surface area contributed by atoms with Crippen LogP contribution in [0.3, 0.4) is 0 Å². The Hall–Kier alpha value is -7.57. The van der Waals surface area contributed by atoms with Crippen LogP contribution in [0.1, 0.15) is 69.2 Å². The third-order valence-electron chi connectivity index (χ3n) is 18.1.